The fourth-order valence-electron chi connectivity index (χ4n) is 2.60. The maximum atomic E-state index is 11.7. The van der Waals surface area contributed by atoms with Gasteiger partial charge in [-0.3, -0.25) is 14.3 Å². The molecule has 4 atom stereocenters. The fraction of sp³-hybridized carbons (Fsp3) is 0.417. The quantitative estimate of drug-likeness (QED) is 0.569. The first kappa shape index (κ1) is 14.4. The first-order valence-electron chi connectivity index (χ1n) is 6.51. The number of imidazole rings is 1. The van der Waals surface area contributed by atoms with Gasteiger partial charge in [0, 0.05) is 6.42 Å². The lowest BCUT2D eigenvalue weighted by Gasteiger charge is -2.16. The van der Waals surface area contributed by atoms with Gasteiger partial charge in [-0.15, -0.1) is 0 Å². The first-order chi connectivity index (χ1) is 10.6. The monoisotopic (exact) mass is 307 g/mol. The highest BCUT2D eigenvalue weighted by atomic mass is 16.5. The SMILES string of the molecule is Nc1nc2c(ncn2C2OC(CC=O)C(C=O)C2O)c(=O)[nH]1. The molecule has 1 aliphatic heterocycles. The number of nitrogens with two attached hydrogens (primary N) is 1. The summed E-state index contributed by atoms with van der Waals surface area (Å²) in [6.07, 6.45) is -0.520. The second-order valence-corrected chi connectivity index (χ2v) is 4.95. The van der Waals surface area contributed by atoms with E-state index in [1.165, 1.54) is 10.9 Å². The van der Waals surface area contributed by atoms with Crippen LogP contribution in [0, 0.1) is 5.92 Å². The van der Waals surface area contributed by atoms with Gasteiger partial charge in [0.2, 0.25) is 5.95 Å². The number of rotatable bonds is 4. The van der Waals surface area contributed by atoms with Gasteiger partial charge >= 0.3 is 0 Å². The number of hydrogen-bond donors (Lipinski definition) is 3. The molecule has 2 aromatic rings. The average molecular weight is 307 g/mol. The molecule has 4 N–H and O–H groups in total. The zero-order valence-electron chi connectivity index (χ0n) is 11.2. The number of nitrogens with zero attached hydrogens (tertiary/aromatic N) is 3. The summed E-state index contributed by atoms with van der Waals surface area (Å²) in [4.78, 5) is 43.7. The minimum absolute atomic E-state index is 0.0280. The number of aromatic nitrogens is 4. The van der Waals surface area contributed by atoms with E-state index in [9.17, 15) is 19.5 Å². The van der Waals surface area contributed by atoms with Crippen molar-refractivity contribution >= 4 is 29.7 Å². The van der Waals surface area contributed by atoms with Crippen LogP contribution in [0.25, 0.3) is 11.2 Å². The Morgan fingerprint density at radius 1 is 1.50 bits per heavy atom. The van der Waals surface area contributed by atoms with E-state index in [-0.39, 0.29) is 23.5 Å². The van der Waals surface area contributed by atoms with E-state index < -0.39 is 29.9 Å². The molecule has 2 aromatic heterocycles. The van der Waals surface area contributed by atoms with Crippen molar-refractivity contribution in [2.24, 2.45) is 5.92 Å². The summed E-state index contributed by atoms with van der Waals surface area (Å²) in [6.45, 7) is 0. The smallest absolute Gasteiger partial charge is 0.280 e. The fourth-order valence-corrected chi connectivity index (χ4v) is 2.60. The lowest BCUT2D eigenvalue weighted by Crippen LogP contribution is -2.28. The van der Waals surface area contributed by atoms with Crippen LogP contribution in [-0.4, -0.2) is 49.4 Å². The van der Waals surface area contributed by atoms with Crippen molar-refractivity contribution in [1.29, 1.82) is 0 Å². The molecule has 3 rings (SSSR count). The number of ether oxygens (including phenoxy) is 1. The van der Waals surface area contributed by atoms with Gasteiger partial charge in [0.05, 0.1) is 18.3 Å². The molecule has 22 heavy (non-hydrogen) atoms. The lowest BCUT2D eigenvalue weighted by atomic mass is 9.98. The molecule has 10 nitrogen and oxygen atoms in total. The van der Waals surface area contributed by atoms with E-state index in [1.807, 2.05) is 0 Å². The molecule has 0 bridgehead atoms. The predicted molar refractivity (Wildman–Crippen MR) is 72.7 cm³/mol. The van der Waals surface area contributed by atoms with Crippen molar-refractivity contribution in [2.45, 2.75) is 24.9 Å². The van der Waals surface area contributed by atoms with Crippen LogP contribution in [0.4, 0.5) is 5.95 Å². The van der Waals surface area contributed by atoms with Crippen LogP contribution in [-0.2, 0) is 14.3 Å². The second kappa shape index (κ2) is 5.31. The van der Waals surface area contributed by atoms with Gasteiger partial charge < -0.3 is 25.2 Å². The third kappa shape index (κ3) is 2.09. The molecule has 0 spiro atoms. The molecule has 0 saturated carbocycles. The molecule has 116 valence electrons. The van der Waals surface area contributed by atoms with E-state index in [4.69, 9.17) is 10.5 Å². The number of hydrogen-bond acceptors (Lipinski definition) is 8. The number of aromatic amines is 1. The van der Waals surface area contributed by atoms with Gasteiger partial charge in [0.25, 0.3) is 5.56 Å². The third-order valence-corrected chi connectivity index (χ3v) is 3.64. The number of carbonyl (C=O) groups excluding carboxylic acids is 2. The molecule has 0 amide bonds. The molecular weight excluding hydrogens is 294 g/mol. The third-order valence-electron chi connectivity index (χ3n) is 3.64. The minimum atomic E-state index is -1.19. The summed E-state index contributed by atoms with van der Waals surface area (Å²) in [5, 5.41) is 10.2. The maximum Gasteiger partial charge on any atom is 0.280 e. The lowest BCUT2D eigenvalue weighted by molar-refractivity contribution is -0.115. The Hall–Kier alpha value is -2.59. The van der Waals surface area contributed by atoms with Gasteiger partial charge in [-0.25, -0.2) is 4.98 Å². The van der Waals surface area contributed by atoms with Crippen LogP contribution >= 0.6 is 0 Å². The van der Waals surface area contributed by atoms with E-state index in [2.05, 4.69) is 15.0 Å². The summed E-state index contributed by atoms with van der Waals surface area (Å²) in [6, 6.07) is 0. The minimum Gasteiger partial charge on any atom is -0.388 e. The topological polar surface area (TPSA) is 153 Å². The highest BCUT2D eigenvalue weighted by Gasteiger charge is 2.44. The van der Waals surface area contributed by atoms with Crippen LogP contribution in [0.5, 0.6) is 0 Å². The number of H-pyrrole nitrogens is 1. The van der Waals surface area contributed by atoms with Gasteiger partial charge in [-0.05, 0) is 0 Å². The Balaban J connectivity index is 2.06. The van der Waals surface area contributed by atoms with Crippen molar-refractivity contribution in [3.63, 3.8) is 0 Å². The summed E-state index contributed by atoms with van der Waals surface area (Å²) >= 11 is 0. The van der Waals surface area contributed by atoms with Gasteiger partial charge in [-0.2, -0.15) is 4.98 Å². The Morgan fingerprint density at radius 2 is 2.27 bits per heavy atom. The zero-order valence-corrected chi connectivity index (χ0v) is 11.2. The van der Waals surface area contributed by atoms with Crippen molar-refractivity contribution in [2.75, 3.05) is 5.73 Å². The molecule has 1 aliphatic rings. The Morgan fingerprint density at radius 3 is 2.95 bits per heavy atom. The number of carbonyl (C=O) groups is 2. The van der Waals surface area contributed by atoms with E-state index in [0.29, 0.717) is 12.6 Å². The molecule has 4 unspecified atom stereocenters. The normalized spacial score (nSPS) is 28.0. The van der Waals surface area contributed by atoms with Gasteiger partial charge in [0.1, 0.15) is 18.7 Å². The van der Waals surface area contributed by atoms with Crippen molar-refractivity contribution < 1.29 is 19.4 Å². The van der Waals surface area contributed by atoms with Crippen LogP contribution in [0.3, 0.4) is 0 Å². The number of aldehydes is 2. The standard InChI is InChI=1S/C12H13N5O5/c13-12-15-9-7(10(21)16-12)14-4-17(9)11-8(20)5(3-19)6(22-11)1-2-18/h2-6,8,11,20H,1H2,(H3,13,15,16,21). The Bertz CT molecular complexity index is 784. The summed E-state index contributed by atoms with van der Waals surface area (Å²) < 4.78 is 6.89. The van der Waals surface area contributed by atoms with Gasteiger partial charge in [-0.1, -0.05) is 0 Å². The highest BCUT2D eigenvalue weighted by Crippen LogP contribution is 2.35. The number of aliphatic hydroxyl groups excluding tert-OH is 1. The number of fused-ring (bicyclic) bond motifs is 1. The average Bonchev–Trinajstić information content (AvgIpc) is 3.01. The summed E-state index contributed by atoms with van der Waals surface area (Å²) in [7, 11) is 0. The van der Waals surface area contributed by atoms with Gasteiger partial charge in [0.15, 0.2) is 17.4 Å². The number of nitrogen functional groups attached to an aromatic ring is 1. The Labute approximate surface area is 122 Å². The molecule has 0 aromatic carbocycles. The number of anilines is 1. The van der Waals surface area contributed by atoms with E-state index in [1.54, 1.807) is 0 Å². The Kier molecular flexibility index (Phi) is 3.47. The molecule has 1 fully saturated rings. The summed E-state index contributed by atoms with van der Waals surface area (Å²) in [5.74, 6) is -0.963. The largest absolute Gasteiger partial charge is 0.388 e. The molecule has 10 heteroatoms. The summed E-state index contributed by atoms with van der Waals surface area (Å²) in [5.41, 5.74) is 5.14. The predicted octanol–water partition coefficient (Wildman–Crippen LogP) is -1.64. The molecular formula is C12H13N5O5. The van der Waals surface area contributed by atoms with Crippen LogP contribution in [0.15, 0.2) is 11.1 Å². The van der Waals surface area contributed by atoms with Crippen molar-refractivity contribution in [3.8, 4) is 0 Å². The van der Waals surface area contributed by atoms with Crippen LogP contribution in [0.1, 0.15) is 12.6 Å². The maximum absolute atomic E-state index is 11.7. The molecule has 0 aliphatic carbocycles. The number of nitrogens with one attached hydrogen (secondary N) is 1. The van der Waals surface area contributed by atoms with E-state index in [0.717, 1.165) is 0 Å². The highest BCUT2D eigenvalue weighted by molar-refractivity contribution is 5.70. The van der Waals surface area contributed by atoms with Crippen molar-refractivity contribution in [1.82, 2.24) is 19.5 Å². The number of aliphatic hydroxyl groups is 1. The second-order valence-electron chi connectivity index (χ2n) is 4.95. The first-order valence-corrected chi connectivity index (χ1v) is 6.51. The van der Waals surface area contributed by atoms with Crippen LogP contribution in [0.2, 0.25) is 0 Å². The van der Waals surface area contributed by atoms with Crippen molar-refractivity contribution in [3.05, 3.63) is 16.7 Å². The molecule has 1 saturated heterocycles. The zero-order chi connectivity index (χ0) is 15.9. The van der Waals surface area contributed by atoms with Crippen LogP contribution < -0.4 is 11.3 Å². The molecule has 0 radical (unpaired) electrons. The van der Waals surface area contributed by atoms with E-state index >= 15 is 0 Å². The molecule has 3 heterocycles.